The molecule has 1 fully saturated rings. The molecule has 29 heavy (non-hydrogen) atoms. The first-order chi connectivity index (χ1) is 13.8. The van der Waals surface area contributed by atoms with Crippen LogP contribution in [0.1, 0.15) is 17.0 Å². The van der Waals surface area contributed by atoms with E-state index in [4.69, 9.17) is 0 Å². The molecule has 0 unspecified atom stereocenters. The first kappa shape index (κ1) is 20.5. The number of aryl methyl sites for hydroxylation is 1. The molecule has 1 spiro atoms. The van der Waals surface area contributed by atoms with E-state index in [0.29, 0.717) is 18.0 Å². The molecule has 1 aliphatic carbocycles. The van der Waals surface area contributed by atoms with Crippen molar-refractivity contribution >= 4 is 26.0 Å². The first-order valence-electron chi connectivity index (χ1n) is 9.64. The molecule has 0 amide bonds. The van der Waals surface area contributed by atoms with Crippen molar-refractivity contribution < 1.29 is 13.5 Å². The van der Waals surface area contributed by atoms with Crippen molar-refractivity contribution in [2.75, 3.05) is 13.1 Å². The average molecular weight is 474 g/mol. The second-order valence-corrected chi connectivity index (χ2v) is 11.0. The van der Waals surface area contributed by atoms with E-state index in [1.807, 2.05) is 49.4 Å². The zero-order valence-corrected chi connectivity index (χ0v) is 18.6. The summed E-state index contributed by atoms with van der Waals surface area (Å²) in [4.78, 5) is 0.225. The molecule has 2 aliphatic rings. The maximum absolute atomic E-state index is 13.4. The number of alkyl halides is 1. The molecule has 6 heteroatoms. The van der Waals surface area contributed by atoms with E-state index in [2.05, 4.69) is 28.1 Å². The molecule has 1 heterocycles. The van der Waals surface area contributed by atoms with Gasteiger partial charge in [0.2, 0.25) is 10.0 Å². The van der Waals surface area contributed by atoms with Gasteiger partial charge in [-0.25, -0.2) is 8.42 Å². The third-order valence-electron chi connectivity index (χ3n) is 5.79. The molecule has 1 N–H and O–H groups in total. The van der Waals surface area contributed by atoms with Gasteiger partial charge in [0.1, 0.15) is 0 Å². The number of hydrogen-bond donors (Lipinski definition) is 1. The van der Waals surface area contributed by atoms with Crippen LogP contribution < -0.4 is 0 Å². The minimum Gasteiger partial charge on any atom is -0.385 e. The van der Waals surface area contributed by atoms with Gasteiger partial charge >= 0.3 is 0 Å². The van der Waals surface area contributed by atoms with E-state index in [0.717, 1.165) is 11.1 Å². The predicted molar refractivity (Wildman–Crippen MR) is 119 cm³/mol. The van der Waals surface area contributed by atoms with Gasteiger partial charge in [0.25, 0.3) is 0 Å². The normalized spacial score (nSPS) is 30.0. The number of halogens is 1. The van der Waals surface area contributed by atoms with Gasteiger partial charge in [-0.3, -0.25) is 0 Å². The molecule has 1 aliphatic heterocycles. The van der Waals surface area contributed by atoms with E-state index >= 15 is 0 Å². The molecule has 0 saturated carbocycles. The molecule has 0 bridgehead atoms. The summed E-state index contributed by atoms with van der Waals surface area (Å²) in [6.07, 6.45) is 6.80. The lowest BCUT2D eigenvalue weighted by Crippen LogP contribution is -2.53. The second-order valence-electron chi connectivity index (χ2n) is 7.84. The summed E-state index contributed by atoms with van der Waals surface area (Å²) in [5.74, 6) is 0.0492. The zero-order chi connectivity index (χ0) is 20.6. The molecular formula is C23H24BrNO3S. The van der Waals surface area contributed by atoms with E-state index < -0.39 is 21.5 Å². The SMILES string of the molecule is Cc1ccc(S(=O)(=O)N2C[C@H](Br)[C@@H](c3ccccc3)C3(C=CC(O)C=C3)C2)cc1. The predicted octanol–water partition coefficient (Wildman–Crippen LogP) is 4.02. The Morgan fingerprint density at radius 2 is 1.66 bits per heavy atom. The molecule has 2 aromatic carbocycles. The summed E-state index contributed by atoms with van der Waals surface area (Å²) in [5.41, 5.74) is 1.63. The number of sulfonamides is 1. The lowest BCUT2D eigenvalue weighted by molar-refractivity contribution is 0.204. The van der Waals surface area contributed by atoms with Gasteiger partial charge in [-0.1, -0.05) is 88.3 Å². The highest BCUT2D eigenvalue weighted by Gasteiger charge is 2.49. The van der Waals surface area contributed by atoms with E-state index in [1.165, 1.54) is 0 Å². The molecule has 2 atom stereocenters. The van der Waals surface area contributed by atoms with Gasteiger partial charge < -0.3 is 5.11 Å². The molecule has 152 valence electrons. The highest BCUT2D eigenvalue weighted by atomic mass is 79.9. The number of benzene rings is 2. The number of aliphatic hydroxyl groups excluding tert-OH is 1. The fraction of sp³-hybridized carbons (Fsp3) is 0.304. The van der Waals surface area contributed by atoms with Crippen LogP contribution >= 0.6 is 15.9 Å². The summed E-state index contributed by atoms with van der Waals surface area (Å²) >= 11 is 3.80. The Kier molecular flexibility index (Phi) is 5.55. The van der Waals surface area contributed by atoms with Crippen LogP contribution in [0, 0.1) is 12.3 Å². The van der Waals surface area contributed by atoms with Crippen LogP contribution in [0.25, 0.3) is 0 Å². The van der Waals surface area contributed by atoms with Gasteiger partial charge in [0.15, 0.2) is 0 Å². The highest BCUT2D eigenvalue weighted by molar-refractivity contribution is 9.09. The van der Waals surface area contributed by atoms with Crippen molar-refractivity contribution in [1.29, 1.82) is 0 Å². The van der Waals surface area contributed by atoms with Crippen LogP contribution in [0.2, 0.25) is 0 Å². The molecule has 4 nitrogen and oxygen atoms in total. The third kappa shape index (κ3) is 3.87. The van der Waals surface area contributed by atoms with Crippen molar-refractivity contribution in [2.45, 2.75) is 28.7 Å². The van der Waals surface area contributed by atoms with Crippen molar-refractivity contribution in [3.8, 4) is 0 Å². The number of hydrogen-bond acceptors (Lipinski definition) is 3. The number of aliphatic hydroxyl groups is 1. The maximum Gasteiger partial charge on any atom is 0.243 e. The van der Waals surface area contributed by atoms with Crippen molar-refractivity contribution in [1.82, 2.24) is 4.31 Å². The minimum absolute atomic E-state index is 0.0492. The first-order valence-corrected chi connectivity index (χ1v) is 12.0. The van der Waals surface area contributed by atoms with Crippen LogP contribution in [0.3, 0.4) is 0 Å². The van der Waals surface area contributed by atoms with E-state index in [-0.39, 0.29) is 10.7 Å². The summed E-state index contributed by atoms with van der Waals surface area (Å²) < 4.78 is 28.3. The fourth-order valence-electron chi connectivity index (χ4n) is 4.31. The van der Waals surface area contributed by atoms with E-state index in [9.17, 15) is 13.5 Å². The Hall–Kier alpha value is -1.73. The maximum atomic E-state index is 13.4. The smallest absolute Gasteiger partial charge is 0.243 e. The molecule has 0 radical (unpaired) electrons. The standard InChI is InChI=1S/C23H24BrNO3S/c1-17-7-9-20(10-8-17)29(27,28)25-15-21(24)22(18-5-3-2-4-6-18)23(16-25)13-11-19(26)12-14-23/h2-14,19,21-22,26H,15-16H2,1H3/t19?,21-,22+,23?/m0/s1. The number of nitrogens with zero attached hydrogens (tertiary/aromatic N) is 1. The van der Waals surface area contributed by atoms with Crippen LogP contribution in [0.5, 0.6) is 0 Å². The lowest BCUT2D eigenvalue weighted by Gasteiger charge is -2.48. The Morgan fingerprint density at radius 1 is 1.03 bits per heavy atom. The van der Waals surface area contributed by atoms with E-state index in [1.54, 1.807) is 28.6 Å². The number of rotatable bonds is 3. The van der Waals surface area contributed by atoms with Crippen LogP contribution in [0.4, 0.5) is 0 Å². The van der Waals surface area contributed by atoms with Gasteiger partial charge in [-0.15, -0.1) is 0 Å². The Labute approximate surface area is 180 Å². The second kappa shape index (κ2) is 7.84. The minimum atomic E-state index is -3.63. The molecule has 2 aromatic rings. The van der Waals surface area contributed by atoms with Gasteiger partial charge in [0.05, 0.1) is 11.0 Å². The molecular weight excluding hydrogens is 450 g/mol. The van der Waals surface area contributed by atoms with Gasteiger partial charge in [0, 0.05) is 29.2 Å². The molecule has 0 aromatic heterocycles. The zero-order valence-electron chi connectivity index (χ0n) is 16.1. The summed E-state index contributed by atoms with van der Waals surface area (Å²) in [7, 11) is -3.63. The van der Waals surface area contributed by atoms with Crippen LogP contribution in [0.15, 0.2) is 83.8 Å². The third-order valence-corrected chi connectivity index (χ3v) is 8.44. The van der Waals surface area contributed by atoms with Gasteiger partial charge in [-0.2, -0.15) is 4.31 Å². The van der Waals surface area contributed by atoms with Crippen LogP contribution in [-0.2, 0) is 10.0 Å². The quantitative estimate of drug-likeness (QED) is 0.540. The highest BCUT2D eigenvalue weighted by Crippen LogP contribution is 2.49. The van der Waals surface area contributed by atoms with Crippen molar-refractivity contribution in [3.05, 3.63) is 90.0 Å². The summed E-state index contributed by atoms with van der Waals surface area (Å²) in [5, 5.41) is 9.96. The Bertz CT molecular complexity index is 1020. The van der Waals surface area contributed by atoms with Crippen molar-refractivity contribution in [3.63, 3.8) is 0 Å². The lowest BCUT2D eigenvalue weighted by atomic mass is 9.66. The summed E-state index contributed by atoms with van der Waals surface area (Å²) in [6, 6.07) is 17.1. The monoisotopic (exact) mass is 473 g/mol. The fourth-order valence-corrected chi connectivity index (χ4v) is 7.18. The summed E-state index contributed by atoms with van der Waals surface area (Å²) in [6.45, 7) is 2.64. The van der Waals surface area contributed by atoms with Gasteiger partial charge in [-0.05, 0) is 24.6 Å². The Balaban J connectivity index is 1.76. The molecule has 1 saturated heterocycles. The topological polar surface area (TPSA) is 57.6 Å². The Morgan fingerprint density at radius 3 is 2.28 bits per heavy atom. The largest absolute Gasteiger partial charge is 0.385 e. The average Bonchev–Trinajstić information content (AvgIpc) is 2.71. The molecule has 4 rings (SSSR count). The van der Waals surface area contributed by atoms with Crippen molar-refractivity contribution in [2.24, 2.45) is 5.41 Å². The van der Waals surface area contributed by atoms with Crippen LogP contribution in [-0.4, -0.2) is 41.9 Å². The number of piperidine rings is 1.